The Bertz CT molecular complexity index is 1480. The van der Waals surface area contributed by atoms with Crippen molar-refractivity contribution < 1.29 is 9.59 Å². The second-order valence-electron chi connectivity index (χ2n) is 8.98. The second-order valence-corrected chi connectivity index (χ2v) is 8.98. The number of anilines is 2. The summed E-state index contributed by atoms with van der Waals surface area (Å²) in [5.41, 5.74) is 6.44. The molecule has 3 aromatic carbocycles. The molecule has 2 N–H and O–H groups in total. The zero-order chi connectivity index (χ0) is 25.8. The number of para-hydroxylation sites is 1. The lowest BCUT2D eigenvalue weighted by Crippen LogP contribution is -2.48. The van der Waals surface area contributed by atoms with Crippen LogP contribution in [0.25, 0.3) is 0 Å². The third kappa shape index (κ3) is 5.41. The van der Waals surface area contributed by atoms with Gasteiger partial charge in [-0.3, -0.25) is 9.78 Å². The fraction of sp³-hybridized carbons (Fsp3) is 0.133. The highest BCUT2D eigenvalue weighted by Crippen LogP contribution is 2.29. The van der Waals surface area contributed by atoms with E-state index in [1.54, 1.807) is 17.2 Å². The van der Waals surface area contributed by atoms with Gasteiger partial charge in [0.25, 0.3) is 5.91 Å². The van der Waals surface area contributed by atoms with Gasteiger partial charge in [0.05, 0.1) is 23.6 Å². The lowest BCUT2D eigenvalue weighted by atomic mass is 10.00. The number of benzodiazepines with no additional fused rings is 1. The summed E-state index contributed by atoms with van der Waals surface area (Å²) < 4.78 is 0. The molecule has 1 aromatic heterocycles. The summed E-state index contributed by atoms with van der Waals surface area (Å²) in [4.78, 5) is 37.9. The van der Waals surface area contributed by atoms with E-state index in [1.165, 1.54) is 0 Å². The standard InChI is InChI=1S/C30H27N5O2/c1-20-9-8-12-23(17-20)32-30(37)34-28-29(36)35(19-24-18-21(2)15-16-31-24)26-14-7-6-13-25(26)27(33-28)22-10-4-3-5-11-22/h3-18,28H,19H2,1-2H3,(H2,32,34,37). The van der Waals surface area contributed by atoms with E-state index in [2.05, 4.69) is 15.6 Å². The van der Waals surface area contributed by atoms with Gasteiger partial charge < -0.3 is 15.5 Å². The third-order valence-corrected chi connectivity index (χ3v) is 6.09. The number of benzene rings is 3. The minimum absolute atomic E-state index is 0.243. The predicted molar refractivity (Wildman–Crippen MR) is 146 cm³/mol. The largest absolute Gasteiger partial charge is 0.321 e. The number of fused-ring (bicyclic) bond motifs is 1. The first kappa shape index (κ1) is 23.9. The molecule has 0 radical (unpaired) electrons. The zero-order valence-corrected chi connectivity index (χ0v) is 20.7. The molecule has 2 heterocycles. The molecule has 1 unspecified atom stereocenters. The molecule has 5 rings (SSSR count). The highest BCUT2D eigenvalue weighted by Gasteiger charge is 2.33. The van der Waals surface area contributed by atoms with E-state index in [-0.39, 0.29) is 12.5 Å². The van der Waals surface area contributed by atoms with Gasteiger partial charge in [0, 0.05) is 23.0 Å². The van der Waals surface area contributed by atoms with Crippen molar-refractivity contribution in [2.75, 3.05) is 10.2 Å². The summed E-state index contributed by atoms with van der Waals surface area (Å²) >= 11 is 0. The van der Waals surface area contributed by atoms with E-state index in [4.69, 9.17) is 4.99 Å². The van der Waals surface area contributed by atoms with Crippen LogP contribution >= 0.6 is 0 Å². The molecule has 1 aliphatic heterocycles. The lowest BCUT2D eigenvalue weighted by Gasteiger charge is -2.25. The summed E-state index contributed by atoms with van der Waals surface area (Å²) in [6.45, 7) is 4.18. The second kappa shape index (κ2) is 10.5. The molecule has 184 valence electrons. The first-order chi connectivity index (χ1) is 18.0. The Morgan fingerprint density at radius 3 is 2.43 bits per heavy atom. The number of nitrogens with one attached hydrogen (secondary N) is 2. The fourth-order valence-corrected chi connectivity index (χ4v) is 4.37. The summed E-state index contributed by atoms with van der Waals surface area (Å²) in [5.74, 6) is -0.346. The van der Waals surface area contributed by atoms with Gasteiger partial charge in [-0.2, -0.15) is 0 Å². The number of pyridine rings is 1. The molecular formula is C30H27N5O2. The molecule has 0 saturated carbocycles. The van der Waals surface area contributed by atoms with Crippen molar-refractivity contribution in [2.24, 2.45) is 4.99 Å². The average Bonchev–Trinajstić information content (AvgIpc) is 3.00. The molecule has 7 heteroatoms. The molecule has 4 aromatic rings. The Kier molecular flexibility index (Phi) is 6.76. The van der Waals surface area contributed by atoms with E-state index in [0.717, 1.165) is 27.9 Å². The maximum atomic E-state index is 14.0. The maximum Gasteiger partial charge on any atom is 0.321 e. The minimum atomic E-state index is -1.14. The van der Waals surface area contributed by atoms with E-state index in [0.29, 0.717) is 17.1 Å². The number of hydrogen-bond acceptors (Lipinski definition) is 4. The first-order valence-corrected chi connectivity index (χ1v) is 12.1. The molecule has 37 heavy (non-hydrogen) atoms. The summed E-state index contributed by atoms with van der Waals surface area (Å²) in [7, 11) is 0. The molecule has 7 nitrogen and oxygen atoms in total. The first-order valence-electron chi connectivity index (χ1n) is 12.1. The van der Waals surface area contributed by atoms with Crippen LogP contribution in [0.15, 0.2) is 102 Å². The Morgan fingerprint density at radius 2 is 1.65 bits per heavy atom. The number of aryl methyl sites for hydroxylation is 2. The van der Waals surface area contributed by atoms with Gasteiger partial charge in [-0.05, 0) is 55.3 Å². The number of rotatable bonds is 5. The SMILES string of the molecule is Cc1cccc(NC(=O)NC2N=C(c3ccccc3)c3ccccc3N(Cc3cc(C)ccn3)C2=O)c1. The molecular weight excluding hydrogens is 462 g/mol. The molecule has 1 aliphatic rings. The minimum Gasteiger partial charge on any atom is -0.308 e. The van der Waals surface area contributed by atoms with E-state index < -0.39 is 12.2 Å². The predicted octanol–water partition coefficient (Wildman–Crippen LogP) is 5.23. The number of urea groups is 1. The maximum absolute atomic E-state index is 14.0. The van der Waals surface area contributed by atoms with Gasteiger partial charge in [-0.25, -0.2) is 9.79 Å². The number of hydrogen-bond donors (Lipinski definition) is 2. The van der Waals surface area contributed by atoms with Crippen LogP contribution in [0.4, 0.5) is 16.2 Å². The monoisotopic (exact) mass is 489 g/mol. The highest BCUT2D eigenvalue weighted by molar-refractivity contribution is 6.20. The molecule has 0 spiro atoms. The zero-order valence-electron chi connectivity index (χ0n) is 20.7. The third-order valence-electron chi connectivity index (χ3n) is 6.09. The van der Waals surface area contributed by atoms with Crippen LogP contribution in [-0.4, -0.2) is 28.8 Å². The Morgan fingerprint density at radius 1 is 0.892 bits per heavy atom. The Hall–Kier alpha value is -4.78. The van der Waals surface area contributed by atoms with Crippen molar-refractivity contribution >= 4 is 29.0 Å². The number of nitrogens with zero attached hydrogens (tertiary/aromatic N) is 3. The van der Waals surface area contributed by atoms with Crippen LogP contribution in [0, 0.1) is 13.8 Å². The Labute approximate surface area is 215 Å². The van der Waals surface area contributed by atoms with Crippen molar-refractivity contribution in [2.45, 2.75) is 26.6 Å². The average molecular weight is 490 g/mol. The number of aliphatic imine (C=N–C) groups is 1. The van der Waals surface area contributed by atoms with Gasteiger partial charge in [0.1, 0.15) is 0 Å². The van der Waals surface area contributed by atoms with E-state index >= 15 is 0 Å². The van der Waals surface area contributed by atoms with Gasteiger partial charge in [0.2, 0.25) is 6.17 Å². The van der Waals surface area contributed by atoms with Crippen LogP contribution in [-0.2, 0) is 11.3 Å². The van der Waals surface area contributed by atoms with Crippen LogP contribution in [0.1, 0.15) is 27.9 Å². The quantitative estimate of drug-likeness (QED) is 0.402. The Balaban J connectivity index is 1.55. The van der Waals surface area contributed by atoms with Crippen molar-refractivity contribution in [3.8, 4) is 0 Å². The van der Waals surface area contributed by atoms with Crippen LogP contribution in [0.5, 0.6) is 0 Å². The number of amides is 3. The summed E-state index contributed by atoms with van der Waals surface area (Å²) in [6.07, 6.45) is 0.590. The van der Waals surface area contributed by atoms with Crippen molar-refractivity contribution in [1.82, 2.24) is 10.3 Å². The van der Waals surface area contributed by atoms with Gasteiger partial charge in [0.15, 0.2) is 0 Å². The molecule has 0 aliphatic carbocycles. The molecule has 0 bridgehead atoms. The van der Waals surface area contributed by atoms with Crippen LogP contribution in [0.2, 0.25) is 0 Å². The summed E-state index contributed by atoms with van der Waals surface area (Å²) in [5, 5.41) is 5.61. The number of carbonyl (C=O) groups excluding carboxylic acids is 2. The molecule has 1 atom stereocenters. The van der Waals surface area contributed by atoms with E-state index in [9.17, 15) is 9.59 Å². The van der Waals surface area contributed by atoms with Crippen molar-refractivity contribution in [1.29, 1.82) is 0 Å². The lowest BCUT2D eigenvalue weighted by molar-refractivity contribution is -0.120. The van der Waals surface area contributed by atoms with Crippen LogP contribution < -0.4 is 15.5 Å². The van der Waals surface area contributed by atoms with Crippen molar-refractivity contribution in [3.05, 3.63) is 125 Å². The molecule has 3 amide bonds. The normalized spacial score (nSPS) is 14.9. The summed E-state index contributed by atoms with van der Waals surface area (Å²) in [6, 6.07) is 28.1. The smallest absolute Gasteiger partial charge is 0.308 e. The molecule has 0 saturated heterocycles. The van der Waals surface area contributed by atoms with Crippen LogP contribution in [0.3, 0.4) is 0 Å². The fourth-order valence-electron chi connectivity index (χ4n) is 4.37. The van der Waals surface area contributed by atoms with Gasteiger partial charge in [-0.15, -0.1) is 0 Å². The topological polar surface area (TPSA) is 86.7 Å². The van der Waals surface area contributed by atoms with E-state index in [1.807, 2.05) is 98.8 Å². The van der Waals surface area contributed by atoms with Gasteiger partial charge >= 0.3 is 6.03 Å². The van der Waals surface area contributed by atoms with Crippen molar-refractivity contribution in [3.63, 3.8) is 0 Å². The van der Waals surface area contributed by atoms with Gasteiger partial charge in [-0.1, -0.05) is 60.7 Å². The number of carbonyl (C=O) groups is 2. The molecule has 0 fully saturated rings. The number of aromatic nitrogens is 1. The highest BCUT2D eigenvalue weighted by atomic mass is 16.2.